The number of benzene rings is 1. The van der Waals surface area contributed by atoms with E-state index in [0.29, 0.717) is 6.54 Å². The zero-order chi connectivity index (χ0) is 16.1. The minimum absolute atomic E-state index is 0.0856. The Morgan fingerprint density at radius 1 is 1.14 bits per heavy atom. The third-order valence-corrected chi connectivity index (χ3v) is 4.07. The number of nitrogens with zero attached hydrogens (tertiary/aromatic N) is 1. The zero-order valence-corrected chi connectivity index (χ0v) is 14.1. The lowest BCUT2D eigenvalue weighted by Gasteiger charge is -2.14. The van der Waals surface area contributed by atoms with Crippen LogP contribution in [0.4, 0.5) is 0 Å². The molecule has 1 aromatic heterocycles. The summed E-state index contributed by atoms with van der Waals surface area (Å²) in [5.41, 5.74) is 5.41. The van der Waals surface area contributed by atoms with Gasteiger partial charge in [-0.3, -0.25) is 4.79 Å². The van der Waals surface area contributed by atoms with E-state index in [-0.39, 0.29) is 5.56 Å². The maximum Gasteiger partial charge on any atom is 0.255 e. The number of aryl methyl sites for hydroxylation is 2. The first-order valence-corrected chi connectivity index (χ1v) is 8.02. The van der Waals surface area contributed by atoms with Crippen molar-refractivity contribution in [1.29, 1.82) is 0 Å². The Hall–Kier alpha value is -1.87. The van der Waals surface area contributed by atoms with Gasteiger partial charge in [-0.1, -0.05) is 37.1 Å². The van der Waals surface area contributed by atoms with E-state index in [9.17, 15) is 4.79 Å². The van der Waals surface area contributed by atoms with E-state index in [1.54, 1.807) is 4.57 Å². The maximum atomic E-state index is 12.5. The fourth-order valence-corrected chi connectivity index (χ4v) is 2.63. The molecule has 0 spiro atoms. The first-order valence-electron chi connectivity index (χ1n) is 8.02. The van der Waals surface area contributed by atoms with Crippen LogP contribution in [0.5, 0.6) is 0 Å². The minimum Gasteiger partial charge on any atom is -0.312 e. The van der Waals surface area contributed by atoms with Crippen LogP contribution < -0.4 is 10.9 Å². The van der Waals surface area contributed by atoms with Crippen molar-refractivity contribution in [3.63, 3.8) is 0 Å². The first kappa shape index (κ1) is 16.5. The topological polar surface area (TPSA) is 34.0 Å². The summed E-state index contributed by atoms with van der Waals surface area (Å²) in [7, 11) is 1.86. The van der Waals surface area contributed by atoms with E-state index in [0.717, 1.165) is 36.2 Å². The molecule has 0 amide bonds. The van der Waals surface area contributed by atoms with Crippen LogP contribution in [0.3, 0.4) is 0 Å². The smallest absolute Gasteiger partial charge is 0.255 e. The van der Waals surface area contributed by atoms with Gasteiger partial charge in [0.1, 0.15) is 0 Å². The lowest BCUT2D eigenvalue weighted by atomic mass is 10.0. The van der Waals surface area contributed by atoms with Crippen molar-refractivity contribution in [1.82, 2.24) is 9.88 Å². The second-order valence-corrected chi connectivity index (χ2v) is 5.96. The van der Waals surface area contributed by atoms with Crippen molar-refractivity contribution < 1.29 is 0 Å². The van der Waals surface area contributed by atoms with E-state index < -0.39 is 0 Å². The average Bonchev–Trinajstić information content (AvgIpc) is 2.50. The van der Waals surface area contributed by atoms with E-state index in [1.165, 1.54) is 11.1 Å². The normalized spacial score (nSPS) is 10.9. The molecule has 2 aromatic rings. The second-order valence-electron chi connectivity index (χ2n) is 5.96. The molecule has 1 aromatic carbocycles. The van der Waals surface area contributed by atoms with Gasteiger partial charge in [0.05, 0.1) is 5.69 Å². The number of aromatic nitrogens is 1. The highest BCUT2D eigenvalue weighted by molar-refractivity contribution is 5.65. The molecular weight excluding hydrogens is 272 g/mol. The monoisotopic (exact) mass is 298 g/mol. The summed E-state index contributed by atoms with van der Waals surface area (Å²) in [4.78, 5) is 12.5. The Balaban J connectivity index is 2.30. The van der Waals surface area contributed by atoms with Crippen molar-refractivity contribution in [3.8, 4) is 11.3 Å². The molecule has 3 nitrogen and oxygen atoms in total. The van der Waals surface area contributed by atoms with Crippen LogP contribution in [-0.4, -0.2) is 11.1 Å². The highest BCUT2D eigenvalue weighted by atomic mass is 16.1. The lowest BCUT2D eigenvalue weighted by Crippen LogP contribution is -2.26. The largest absolute Gasteiger partial charge is 0.312 e. The molecule has 0 atom stereocenters. The maximum absolute atomic E-state index is 12.5. The fourth-order valence-electron chi connectivity index (χ4n) is 2.63. The number of hydrogen-bond donors (Lipinski definition) is 1. The fraction of sp³-hybridized carbons (Fsp3) is 0.421. The van der Waals surface area contributed by atoms with Gasteiger partial charge in [-0.05, 0) is 44.5 Å². The van der Waals surface area contributed by atoms with Crippen LogP contribution in [0, 0.1) is 13.8 Å². The molecule has 0 fully saturated rings. The summed E-state index contributed by atoms with van der Waals surface area (Å²) >= 11 is 0. The van der Waals surface area contributed by atoms with E-state index >= 15 is 0 Å². The van der Waals surface area contributed by atoms with E-state index in [4.69, 9.17) is 0 Å². The highest BCUT2D eigenvalue weighted by Crippen LogP contribution is 2.23. The molecule has 1 heterocycles. The summed E-state index contributed by atoms with van der Waals surface area (Å²) < 4.78 is 1.76. The van der Waals surface area contributed by atoms with Gasteiger partial charge in [-0.2, -0.15) is 0 Å². The Bertz CT molecular complexity index is 701. The molecule has 118 valence electrons. The quantitative estimate of drug-likeness (QED) is 0.827. The van der Waals surface area contributed by atoms with Crippen molar-refractivity contribution >= 4 is 0 Å². The van der Waals surface area contributed by atoms with Crippen LogP contribution >= 0.6 is 0 Å². The SMILES string of the molecule is CCCCNCc1ccc(-c2cc(C)ccc2C)n(C)c1=O. The zero-order valence-electron chi connectivity index (χ0n) is 14.1. The third-order valence-electron chi connectivity index (χ3n) is 4.07. The summed E-state index contributed by atoms with van der Waals surface area (Å²) in [6.45, 7) is 7.92. The molecule has 0 saturated carbocycles. The molecule has 2 rings (SSSR count). The summed E-state index contributed by atoms with van der Waals surface area (Å²) in [6, 6.07) is 10.4. The molecule has 22 heavy (non-hydrogen) atoms. The number of nitrogens with one attached hydrogen (secondary N) is 1. The van der Waals surface area contributed by atoms with E-state index in [2.05, 4.69) is 50.4 Å². The van der Waals surface area contributed by atoms with Gasteiger partial charge in [0.25, 0.3) is 5.56 Å². The Morgan fingerprint density at radius 2 is 1.91 bits per heavy atom. The van der Waals surface area contributed by atoms with Crippen LogP contribution in [-0.2, 0) is 13.6 Å². The number of hydrogen-bond acceptors (Lipinski definition) is 2. The Kier molecular flexibility index (Phi) is 5.56. The van der Waals surface area contributed by atoms with Gasteiger partial charge in [0, 0.05) is 24.7 Å². The summed E-state index contributed by atoms with van der Waals surface area (Å²) in [5, 5.41) is 3.34. The molecule has 0 bridgehead atoms. The molecule has 3 heteroatoms. The summed E-state index contributed by atoms with van der Waals surface area (Å²) in [6.07, 6.45) is 2.30. The Morgan fingerprint density at radius 3 is 2.64 bits per heavy atom. The minimum atomic E-state index is 0.0856. The van der Waals surface area contributed by atoms with Crippen LogP contribution in [0.15, 0.2) is 35.1 Å². The molecule has 0 aliphatic carbocycles. The molecule has 0 aliphatic rings. The van der Waals surface area contributed by atoms with Gasteiger partial charge < -0.3 is 9.88 Å². The number of pyridine rings is 1. The van der Waals surface area contributed by atoms with E-state index in [1.807, 2.05) is 13.1 Å². The lowest BCUT2D eigenvalue weighted by molar-refractivity contribution is 0.634. The van der Waals surface area contributed by atoms with Gasteiger partial charge in [-0.25, -0.2) is 0 Å². The van der Waals surface area contributed by atoms with Crippen molar-refractivity contribution in [2.45, 2.75) is 40.2 Å². The second kappa shape index (κ2) is 7.41. The van der Waals surface area contributed by atoms with Gasteiger partial charge >= 0.3 is 0 Å². The standard InChI is InChI=1S/C19H26N2O/c1-5-6-11-20-13-16-9-10-18(21(4)19(16)22)17-12-14(2)7-8-15(17)3/h7-10,12,20H,5-6,11,13H2,1-4H3. The van der Waals surface area contributed by atoms with Gasteiger partial charge in [0.2, 0.25) is 0 Å². The molecule has 1 N–H and O–H groups in total. The highest BCUT2D eigenvalue weighted by Gasteiger charge is 2.09. The van der Waals surface area contributed by atoms with Crippen molar-refractivity contribution in [2.24, 2.45) is 7.05 Å². The van der Waals surface area contributed by atoms with Crippen LogP contribution in [0.1, 0.15) is 36.5 Å². The van der Waals surface area contributed by atoms with Crippen molar-refractivity contribution in [3.05, 3.63) is 57.4 Å². The van der Waals surface area contributed by atoms with Crippen molar-refractivity contribution in [2.75, 3.05) is 6.54 Å². The number of rotatable bonds is 6. The molecule has 0 saturated heterocycles. The van der Waals surface area contributed by atoms with Gasteiger partial charge in [-0.15, -0.1) is 0 Å². The molecule has 0 radical (unpaired) electrons. The predicted molar refractivity (Wildman–Crippen MR) is 93.2 cm³/mol. The predicted octanol–water partition coefficient (Wildman–Crippen LogP) is 3.56. The molecule has 0 unspecified atom stereocenters. The average molecular weight is 298 g/mol. The summed E-state index contributed by atoms with van der Waals surface area (Å²) in [5.74, 6) is 0. The molecule has 0 aliphatic heterocycles. The van der Waals surface area contributed by atoms with Gasteiger partial charge in [0.15, 0.2) is 0 Å². The molecular formula is C19H26N2O. The van der Waals surface area contributed by atoms with Crippen LogP contribution in [0.2, 0.25) is 0 Å². The van der Waals surface area contributed by atoms with Crippen LogP contribution in [0.25, 0.3) is 11.3 Å². The first-order chi connectivity index (χ1) is 10.5. The third kappa shape index (κ3) is 3.66. The Labute approximate surface area is 133 Å². The number of unbranched alkanes of at least 4 members (excludes halogenated alkanes) is 1.